The van der Waals surface area contributed by atoms with Gasteiger partial charge in [-0.3, -0.25) is 4.90 Å². The Morgan fingerprint density at radius 2 is 1.72 bits per heavy atom. The molecule has 1 aromatic rings. The quantitative estimate of drug-likeness (QED) is 0.785. The third-order valence-corrected chi connectivity index (χ3v) is 3.61. The lowest BCUT2D eigenvalue weighted by Crippen LogP contribution is -2.43. The number of hydrogen-bond acceptors (Lipinski definition) is 4. The molecule has 3 rings (SSSR count). The second kappa shape index (κ2) is 5.16. The number of ether oxygens (including phenoxy) is 2. The van der Waals surface area contributed by atoms with Gasteiger partial charge in [0.05, 0.1) is 0 Å². The van der Waals surface area contributed by atoms with Crippen molar-refractivity contribution >= 4 is 0 Å². The molecule has 98 valence electrons. The Hall–Kier alpha value is -1.26. The molecule has 0 N–H and O–H groups in total. The minimum atomic E-state index is 0.658. The zero-order chi connectivity index (χ0) is 12.4. The van der Waals surface area contributed by atoms with Gasteiger partial charge in [-0.15, -0.1) is 0 Å². The van der Waals surface area contributed by atoms with Crippen LogP contribution < -0.4 is 9.47 Å². The molecule has 1 fully saturated rings. The highest BCUT2D eigenvalue weighted by Crippen LogP contribution is 2.31. The molecule has 0 saturated carbocycles. The predicted molar refractivity (Wildman–Crippen MR) is 70.2 cm³/mol. The van der Waals surface area contributed by atoms with Gasteiger partial charge in [-0.25, -0.2) is 0 Å². The molecule has 2 aliphatic heterocycles. The summed E-state index contributed by atoms with van der Waals surface area (Å²) in [4.78, 5) is 4.87. The van der Waals surface area contributed by atoms with Gasteiger partial charge in [-0.1, -0.05) is 6.07 Å². The van der Waals surface area contributed by atoms with Crippen LogP contribution in [0.25, 0.3) is 0 Å². The Balaban J connectivity index is 1.66. The molecule has 0 aromatic heterocycles. The first-order valence-electron chi connectivity index (χ1n) is 6.61. The molecule has 0 unspecified atom stereocenters. The fraction of sp³-hybridized carbons (Fsp3) is 0.571. The molecule has 1 saturated heterocycles. The second-order valence-corrected chi connectivity index (χ2v) is 5.06. The maximum atomic E-state index is 5.62. The van der Waals surface area contributed by atoms with E-state index in [2.05, 4.69) is 29.0 Å². The zero-order valence-corrected chi connectivity index (χ0v) is 10.9. The van der Waals surface area contributed by atoms with Crippen molar-refractivity contribution in [3.63, 3.8) is 0 Å². The summed E-state index contributed by atoms with van der Waals surface area (Å²) in [6.07, 6.45) is 0. The molecular weight excluding hydrogens is 228 g/mol. The van der Waals surface area contributed by atoms with E-state index < -0.39 is 0 Å². The Morgan fingerprint density at radius 1 is 1.00 bits per heavy atom. The minimum Gasteiger partial charge on any atom is -0.486 e. The first-order chi connectivity index (χ1) is 8.81. The molecule has 0 bridgehead atoms. The summed E-state index contributed by atoms with van der Waals surface area (Å²) < 4.78 is 11.2. The maximum absolute atomic E-state index is 5.62. The van der Waals surface area contributed by atoms with Crippen molar-refractivity contribution < 1.29 is 9.47 Å². The molecule has 0 aliphatic carbocycles. The van der Waals surface area contributed by atoms with Gasteiger partial charge in [0.25, 0.3) is 0 Å². The second-order valence-electron chi connectivity index (χ2n) is 5.06. The molecule has 0 atom stereocenters. The lowest BCUT2D eigenvalue weighted by molar-refractivity contribution is 0.147. The van der Waals surface area contributed by atoms with Crippen LogP contribution in [-0.4, -0.2) is 56.2 Å². The number of fused-ring (bicyclic) bond motifs is 1. The monoisotopic (exact) mass is 248 g/mol. The van der Waals surface area contributed by atoms with Crippen LogP contribution in [0.5, 0.6) is 11.5 Å². The van der Waals surface area contributed by atoms with E-state index in [0.717, 1.165) is 44.2 Å². The Morgan fingerprint density at radius 3 is 2.50 bits per heavy atom. The molecular formula is C14H20N2O2. The number of likely N-dealkylation sites (N-methyl/N-ethyl adjacent to an activating group) is 1. The number of piperazine rings is 1. The summed E-state index contributed by atoms with van der Waals surface area (Å²) in [7, 11) is 2.18. The number of hydrogen-bond donors (Lipinski definition) is 0. The van der Waals surface area contributed by atoms with Crippen molar-refractivity contribution in [3.8, 4) is 11.5 Å². The first-order valence-corrected chi connectivity index (χ1v) is 6.61. The Labute approximate surface area is 108 Å². The fourth-order valence-electron chi connectivity index (χ4n) is 2.45. The van der Waals surface area contributed by atoms with Gasteiger partial charge in [0.2, 0.25) is 0 Å². The highest BCUT2D eigenvalue weighted by molar-refractivity contribution is 5.43. The fourth-order valence-corrected chi connectivity index (χ4v) is 2.45. The highest BCUT2D eigenvalue weighted by atomic mass is 16.6. The van der Waals surface area contributed by atoms with Crippen molar-refractivity contribution in [1.29, 1.82) is 0 Å². The largest absolute Gasteiger partial charge is 0.486 e. The maximum Gasteiger partial charge on any atom is 0.161 e. The van der Waals surface area contributed by atoms with Gasteiger partial charge in [0.15, 0.2) is 11.5 Å². The number of benzene rings is 1. The van der Waals surface area contributed by atoms with Crippen LogP contribution >= 0.6 is 0 Å². The Bertz CT molecular complexity index is 414. The highest BCUT2D eigenvalue weighted by Gasteiger charge is 2.16. The smallest absolute Gasteiger partial charge is 0.161 e. The van der Waals surface area contributed by atoms with Gasteiger partial charge < -0.3 is 14.4 Å². The van der Waals surface area contributed by atoms with Crippen LogP contribution in [0.2, 0.25) is 0 Å². The third kappa shape index (κ3) is 2.60. The van der Waals surface area contributed by atoms with E-state index in [4.69, 9.17) is 9.47 Å². The normalized spacial score (nSPS) is 20.9. The van der Waals surface area contributed by atoms with Gasteiger partial charge >= 0.3 is 0 Å². The van der Waals surface area contributed by atoms with E-state index in [1.165, 1.54) is 5.56 Å². The van der Waals surface area contributed by atoms with Crippen LogP contribution in [0, 0.1) is 0 Å². The Kier molecular flexibility index (Phi) is 3.39. The number of nitrogens with zero attached hydrogens (tertiary/aromatic N) is 2. The molecule has 18 heavy (non-hydrogen) atoms. The third-order valence-electron chi connectivity index (χ3n) is 3.61. The van der Waals surface area contributed by atoms with E-state index in [1.54, 1.807) is 0 Å². The van der Waals surface area contributed by atoms with Crippen molar-refractivity contribution in [3.05, 3.63) is 23.8 Å². The van der Waals surface area contributed by atoms with E-state index in [0.29, 0.717) is 13.2 Å². The van der Waals surface area contributed by atoms with E-state index >= 15 is 0 Å². The van der Waals surface area contributed by atoms with Crippen LogP contribution in [0.3, 0.4) is 0 Å². The van der Waals surface area contributed by atoms with Gasteiger partial charge in [0.1, 0.15) is 13.2 Å². The topological polar surface area (TPSA) is 24.9 Å². The lowest BCUT2D eigenvalue weighted by atomic mass is 10.1. The molecule has 2 heterocycles. The van der Waals surface area contributed by atoms with Crippen molar-refractivity contribution in [2.45, 2.75) is 6.54 Å². The summed E-state index contributed by atoms with van der Waals surface area (Å²) in [5.41, 5.74) is 1.31. The van der Waals surface area contributed by atoms with Gasteiger partial charge in [-0.05, 0) is 24.7 Å². The van der Waals surface area contributed by atoms with Crippen molar-refractivity contribution in [2.75, 3.05) is 46.4 Å². The molecule has 4 nitrogen and oxygen atoms in total. The standard InChI is InChI=1S/C14H20N2O2/c1-15-4-6-16(7-5-15)11-12-2-3-13-14(10-12)18-9-8-17-13/h2-3,10H,4-9,11H2,1H3. The van der Waals surface area contributed by atoms with Crippen LogP contribution in [0.4, 0.5) is 0 Å². The minimum absolute atomic E-state index is 0.658. The molecule has 4 heteroatoms. The van der Waals surface area contributed by atoms with E-state index in [9.17, 15) is 0 Å². The van der Waals surface area contributed by atoms with Gasteiger partial charge in [0, 0.05) is 32.7 Å². The molecule has 2 aliphatic rings. The number of rotatable bonds is 2. The van der Waals surface area contributed by atoms with Gasteiger partial charge in [-0.2, -0.15) is 0 Å². The molecule has 0 spiro atoms. The average Bonchev–Trinajstić information content (AvgIpc) is 2.41. The predicted octanol–water partition coefficient (Wildman–Crippen LogP) is 1.21. The first kappa shape index (κ1) is 11.8. The van der Waals surface area contributed by atoms with E-state index in [-0.39, 0.29) is 0 Å². The SMILES string of the molecule is CN1CCN(Cc2ccc3c(c2)OCCO3)CC1. The van der Waals surface area contributed by atoms with E-state index in [1.807, 2.05) is 6.07 Å². The van der Waals surface area contributed by atoms with Crippen LogP contribution in [0.1, 0.15) is 5.56 Å². The average molecular weight is 248 g/mol. The lowest BCUT2D eigenvalue weighted by Gasteiger charge is -2.32. The molecule has 0 radical (unpaired) electrons. The van der Waals surface area contributed by atoms with Crippen LogP contribution in [0.15, 0.2) is 18.2 Å². The zero-order valence-electron chi connectivity index (χ0n) is 10.9. The van der Waals surface area contributed by atoms with Crippen LogP contribution in [-0.2, 0) is 6.54 Å². The van der Waals surface area contributed by atoms with Crippen molar-refractivity contribution in [1.82, 2.24) is 9.80 Å². The van der Waals surface area contributed by atoms with Crippen molar-refractivity contribution in [2.24, 2.45) is 0 Å². The molecule has 1 aromatic carbocycles. The summed E-state index contributed by atoms with van der Waals surface area (Å²) in [6, 6.07) is 6.29. The summed E-state index contributed by atoms with van der Waals surface area (Å²) in [5.74, 6) is 1.77. The summed E-state index contributed by atoms with van der Waals surface area (Å²) in [5, 5.41) is 0. The summed E-state index contributed by atoms with van der Waals surface area (Å²) in [6.45, 7) is 6.92. The summed E-state index contributed by atoms with van der Waals surface area (Å²) >= 11 is 0. The molecule has 0 amide bonds.